The molecule has 6 heteroatoms. The van der Waals surface area contributed by atoms with Gasteiger partial charge in [-0.25, -0.2) is 4.98 Å². The van der Waals surface area contributed by atoms with Crippen LogP contribution in [0.4, 0.5) is 11.5 Å². The van der Waals surface area contributed by atoms with E-state index in [9.17, 15) is 10.1 Å². The van der Waals surface area contributed by atoms with E-state index in [0.29, 0.717) is 28.7 Å². The highest BCUT2D eigenvalue weighted by molar-refractivity contribution is 6.33. The quantitative estimate of drug-likeness (QED) is 0.617. The van der Waals surface area contributed by atoms with Gasteiger partial charge in [0, 0.05) is 18.7 Å². The van der Waals surface area contributed by atoms with Crippen molar-refractivity contribution < 1.29 is 4.92 Å². The third-order valence-corrected chi connectivity index (χ3v) is 4.97. The molecule has 0 amide bonds. The molecule has 20 heavy (non-hydrogen) atoms. The zero-order valence-corrected chi connectivity index (χ0v) is 12.2. The Bertz CT molecular complexity index is 537. The van der Waals surface area contributed by atoms with Crippen LogP contribution >= 0.6 is 11.6 Å². The number of anilines is 1. The molecule has 3 atom stereocenters. The fourth-order valence-corrected chi connectivity index (χ4v) is 4.02. The number of fused-ring (bicyclic) bond motifs is 1. The molecule has 108 valence electrons. The Labute approximate surface area is 123 Å². The summed E-state index contributed by atoms with van der Waals surface area (Å²) in [5, 5.41) is 11.1. The number of halogens is 1. The fourth-order valence-electron chi connectivity index (χ4n) is 3.75. The molecular weight excluding hydrogens is 278 g/mol. The molecule has 0 N–H and O–H groups in total. The minimum absolute atomic E-state index is 0.0498. The van der Waals surface area contributed by atoms with Gasteiger partial charge in [-0.15, -0.1) is 0 Å². The maximum Gasteiger partial charge on any atom is 0.289 e. The van der Waals surface area contributed by atoms with Crippen molar-refractivity contribution in [3.8, 4) is 0 Å². The lowest BCUT2D eigenvalue weighted by Gasteiger charge is -2.33. The Morgan fingerprint density at radius 2 is 2.20 bits per heavy atom. The van der Waals surface area contributed by atoms with E-state index in [1.807, 2.05) is 0 Å². The van der Waals surface area contributed by atoms with Gasteiger partial charge >= 0.3 is 0 Å². The summed E-state index contributed by atoms with van der Waals surface area (Å²) in [7, 11) is 0. The van der Waals surface area contributed by atoms with Crippen LogP contribution in [0.1, 0.15) is 32.6 Å². The second-order valence-electron chi connectivity index (χ2n) is 5.90. The molecule has 3 unspecified atom stereocenters. The molecule has 2 fully saturated rings. The van der Waals surface area contributed by atoms with E-state index >= 15 is 0 Å². The first-order valence-corrected chi connectivity index (χ1v) is 7.52. The van der Waals surface area contributed by atoms with Crippen LogP contribution in [0.3, 0.4) is 0 Å². The first-order chi connectivity index (χ1) is 9.58. The third-order valence-electron chi connectivity index (χ3n) is 4.69. The average molecular weight is 296 g/mol. The number of hydrogen-bond donors (Lipinski definition) is 0. The number of aromatic nitrogens is 1. The van der Waals surface area contributed by atoms with Crippen LogP contribution in [0.2, 0.25) is 5.02 Å². The lowest BCUT2D eigenvalue weighted by atomic mass is 9.80. The number of pyridine rings is 1. The van der Waals surface area contributed by atoms with Crippen molar-refractivity contribution in [3.05, 3.63) is 27.4 Å². The van der Waals surface area contributed by atoms with Gasteiger partial charge in [-0.3, -0.25) is 10.1 Å². The number of nitrogens with zero attached hydrogens (tertiary/aromatic N) is 3. The van der Waals surface area contributed by atoms with Crippen molar-refractivity contribution in [1.29, 1.82) is 0 Å². The van der Waals surface area contributed by atoms with E-state index in [-0.39, 0.29) is 5.69 Å². The second kappa shape index (κ2) is 5.20. The van der Waals surface area contributed by atoms with Crippen LogP contribution in [0.5, 0.6) is 0 Å². The molecule has 0 bridgehead atoms. The first-order valence-electron chi connectivity index (χ1n) is 7.14. The van der Waals surface area contributed by atoms with Crippen LogP contribution in [-0.2, 0) is 0 Å². The van der Waals surface area contributed by atoms with Gasteiger partial charge in [0.05, 0.1) is 9.95 Å². The summed E-state index contributed by atoms with van der Waals surface area (Å²) >= 11 is 6.22. The Morgan fingerprint density at radius 1 is 1.45 bits per heavy atom. The molecule has 0 aromatic carbocycles. The lowest BCUT2D eigenvalue weighted by Crippen LogP contribution is -2.35. The summed E-state index contributed by atoms with van der Waals surface area (Å²) in [6.07, 6.45) is 6.30. The minimum Gasteiger partial charge on any atom is -0.352 e. The molecule has 2 heterocycles. The van der Waals surface area contributed by atoms with Gasteiger partial charge in [-0.1, -0.05) is 31.4 Å². The highest BCUT2D eigenvalue weighted by atomic mass is 35.5. The largest absolute Gasteiger partial charge is 0.352 e. The van der Waals surface area contributed by atoms with Crippen LogP contribution in [0.15, 0.2) is 12.3 Å². The zero-order valence-electron chi connectivity index (χ0n) is 11.5. The van der Waals surface area contributed by atoms with E-state index in [1.54, 1.807) is 0 Å². The van der Waals surface area contributed by atoms with Gasteiger partial charge < -0.3 is 4.90 Å². The summed E-state index contributed by atoms with van der Waals surface area (Å²) in [4.78, 5) is 16.8. The van der Waals surface area contributed by atoms with Crippen LogP contribution < -0.4 is 4.90 Å². The minimum atomic E-state index is -0.460. The molecule has 2 aliphatic rings. The molecule has 1 aromatic rings. The van der Waals surface area contributed by atoms with E-state index in [2.05, 4.69) is 16.8 Å². The predicted molar refractivity (Wildman–Crippen MR) is 78.2 cm³/mol. The number of nitro groups is 1. The Hall–Kier alpha value is -1.36. The predicted octanol–water partition coefficient (Wildman–Crippen LogP) is 3.66. The van der Waals surface area contributed by atoms with Crippen LogP contribution in [0.25, 0.3) is 0 Å². The van der Waals surface area contributed by atoms with Gasteiger partial charge in [0.2, 0.25) is 0 Å². The summed E-state index contributed by atoms with van der Waals surface area (Å²) in [5.74, 6) is 2.05. The topological polar surface area (TPSA) is 59.3 Å². The lowest BCUT2D eigenvalue weighted by molar-refractivity contribution is -0.385. The monoisotopic (exact) mass is 295 g/mol. The van der Waals surface area contributed by atoms with E-state index in [1.165, 1.54) is 37.9 Å². The van der Waals surface area contributed by atoms with Gasteiger partial charge in [-0.05, 0) is 24.7 Å². The molecule has 0 spiro atoms. The Morgan fingerprint density at radius 3 is 2.90 bits per heavy atom. The first kappa shape index (κ1) is 13.6. The van der Waals surface area contributed by atoms with Gasteiger partial charge in [0.25, 0.3) is 5.69 Å². The zero-order chi connectivity index (χ0) is 14.3. The SMILES string of the molecule is CC1CN(c2ncc([N+](=O)[O-])cc2Cl)C2CCCCC12. The summed E-state index contributed by atoms with van der Waals surface area (Å²) in [5.41, 5.74) is -0.0498. The van der Waals surface area contributed by atoms with Crippen LogP contribution in [0, 0.1) is 22.0 Å². The molecule has 1 saturated carbocycles. The van der Waals surface area contributed by atoms with Crippen molar-refractivity contribution in [1.82, 2.24) is 4.98 Å². The molecule has 0 radical (unpaired) electrons. The van der Waals surface area contributed by atoms with E-state index in [0.717, 1.165) is 6.54 Å². The van der Waals surface area contributed by atoms with Gasteiger partial charge in [0.15, 0.2) is 0 Å². The standard InChI is InChI=1S/C14H18ClN3O2/c1-9-8-17(13-5-3-2-4-11(9)13)14-12(15)6-10(7-16-14)18(19)20/h6-7,9,11,13H,2-5,8H2,1H3. The summed E-state index contributed by atoms with van der Waals surface area (Å²) in [6, 6.07) is 1.90. The highest BCUT2D eigenvalue weighted by Crippen LogP contribution is 2.43. The molecular formula is C14H18ClN3O2. The Kier molecular flexibility index (Phi) is 3.54. The van der Waals surface area contributed by atoms with E-state index in [4.69, 9.17) is 11.6 Å². The molecule has 1 aromatic heterocycles. The molecule has 1 aliphatic carbocycles. The molecule has 5 nitrogen and oxygen atoms in total. The smallest absolute Gasteiger partial charge is 0.289 e. The van der Waals surface area contributed by atoms with E-state index < -0.39 is 4.92 Å². The molecule has 1 aliphatic heterocycles. The Balaban J connectivity index is 1.91. The highest BCUT2D eigenvalue weighted by Gasteiger charge is 2.41. The normalized spacial score (nSPS) is 29.3. The van der Waals surface area contributed by atoms with Crippen molar-refractivity contribution in [2.75, 3.05) is 11.4 Å². The van der Waals surface area contributed by atoms with Crippen LogP contribution in [-0.4, -0.2) is 22.5 Å². The maximum absolute atomic E-state index is 10.8. The summed E-state index contributed by atoms with van der Waals surface area (Å²) in [6.45, 7) is 3.22. The number of hydrogen-bond acceptors (Lipinski definition) is 4. The fraction of sp³-hybridized carbons (Fsp3) is 0.643. The van der Waals surface area contributed by atoms with Crippen molar-refractivity contribution in [3.63, 3.8) is 0 Å². The van der Waals surface area contributed by atoms with Crippen molar-refractivity contribution >= 4 is 23.1 Å². The molecule has 3 rings (SSSR count). The third kappa shape index (κ3) is 2.24. The van der Waals surface area contributed by atoms with Gasteiger partial charge in [0.1, 0.15) is 12.0 Å². The van der Waals surface area contributed by atoms with Crippen molar-refractivity contribution in [2.24, 2.45) is 11.8 Å². The number of rotatable bonds is 2. The molecule has 1 saturated heterocycles. The summed E-state index contributed by atoms with van der Waals surface area (Å²) < 4.78 is 0. The maximum atomic E-state index is 10.8. The van der Waals surface area contributed by atoms with Gasteiger partial charge in [-0.2, -0.15) is 0 Å². The van der Waals surface area contributed by atoms with Crippen molar-refractivity contribution in [2.45, 2.75) is 38.6 Å². The average Bonchev–Trinajstić information content (AvgIpc) is 2.76. The second-order valence-corrected chi connectivity index (χ2v) is 6.31.